The third kappa shape index (κ3) is 6.07. The Morgan fingerprint density at radius 1 is 0.921 bits per heavy atom. The predicted octanol–water partition coefficient (Wildman–Crippen LogP) is 7.10. The summed E-state index contributed by atoms with van der Waals surface area (Å²) in [7, 11) is 0. The number of nitrogens with one attached hydrogen (secondary N) is 1. The van der Waals surface area contributed by atoms with Crippen molar-refractivity contribution in [2.75, 3.05) is 13.2 Å². The average Bonchev–Trinajstić information content (AvgIpc) is 3.33. The van der Waals surface area contributed by atoms with E-state index in [2.05, 4.69) is 11.9 Å². The number of carbonyl (C=O) groups is 1. The maximum atomic E-state index is 13.8. The molecule has 1 saturated carbocycles. The van der Waals surface area contributed by atoms with E-state index in [0.717, 1.165) is 5.56 Å². The van der Waals surface area contributed by atoms with Gasteiger partial charge in [-0.1, -0.05) is 36.4 Å². The maximum Gasteiger partial charge on any atom is 0.416 e. The lowest BCUT2D eigenvalue weighted by Crippen LogP contribution is -2.53. The molecule has 2 aromatic rings. The Morgan fingerprint density at radius 2 is 1.47 bits per heavy atom. The summed E-state index contributed by atoms with van der Waals surface area (Å²) in [6.07, 6.45) is -6.54. The molecule has 2 aromatic carbocycles. The molecular formula is C28H29F6NO3. The molecular weight excluding hydrogens is 512 g/mol. The Labute approximate surface area is 217 Å². The third-order valence-electron chi connectivity index (χ3n) is 7.36. The maximum absolute atomic E-state index is 13.8. The van der Waals surface area contributed by atoms with Crippen LogP contribution in [-0.2, 0) is 32.2 Å². The van der Waals surface area contributed by atoms with Crippen molar-refractivity contribution in [2.24, 2.45) is 0 Å². The van der Waals surface area contributed by atoms with Crippen molar-refractivity contribution >= 4 is 5.91 Å². The molecule has 38 heavy (non-hydrogen) atoms. The number of ether oxygens (including phenoxy) is 2. The van der Waals surface area contributed by atoms with Crippen molar-refractivity contribution in [3.05, 3.63) is 83.4 Å². The molecule has 1 saturated heterocycles. The molecule has 206 valence electrons. The molecule has 4 nitrogen and oxygen atoms in total. The monoisotopic (exact) mass is 541 g/mol. The highest BCUT2D eigenvalue weighted by molar-refractivity contribution is 5.84. The van der Waals surface area contributed by atoms with E-state index in [1.165, 1.54) is 6.08 Å². The van der Waals surface area contributed by atoms with Crippen LogP contribution in [0.1, 0.15) is 66.7 Å². The van der Waals surface area contributed by atoms with Gasteiger partial charge in [0, 0.05) is 12.8 Å². The molecule has 1 aliphatic heterocycles. The van der Waals surface area contributed by atoms with Crippen LogP contribution in [0.5, 0.6) is 0 Å². The zero-order valence-electron chi connectivity index (χ0n) is 20.6. The number of allylic oxidation sites excluding steroid dienone is 1. The van der Waals surface area contributed by atoms with Crippen molar-refractivity contribution in [2.45, 2.75) is 68.1 Å². The smallest absolute Gasteiger partial charge is 0.348 e. The summed E-state index contributed by atoms with van der Waals surface area (Å²) in [5, 5.41) is 3.03. The molecule has 2 fully saturated rings. The molecule has 10 heteroatoms. The molecule has 4 rings (SSSR count). The highest BCUT2D eigenvalue weighted by atomic mass is 19.4. The fourth-order valence-electron chi connectivity index (χ4n) is 5.32. The molecule has 0 bridgehead atoms. The van der Waals surface area contributed by atoms with E-state index in [0.29, 0.717) is 51.0 Å². The minimum Gasteiger partial charge on any atom is -0.348 e. The summed E-state index contributed by atoms with van der Waals surface area (Å²) in [6, 6.07) is 10.5. The summed E-state index contributed by atoms with van der Waals surface area (Å²) in [4.78, 5) is 13.8. The summed E-state index contributed by atoms with van der Waals surface area (Å²) >= 11 is 0. The Morgan fingerprint density at radius 3 is 1.97 bits per heavy atom. The summed E-state index contributed by atoms with van der Waals surface area (Å²) in [5.74, 6) is -2.65. The van der Waals surface area contributed by atoms with Gasteiger partial charge in [0.25, 0.3) is 0 Å². The van der Waals surface area contributed by atoms with Crippen molar-refractivity contribution < 1.29 is 40.6 Å². The molecule has 1 aliphatic carbocycles. The largest absolute Gasteiger partial charge is 0.416 e. The highest BCUT2D eigenvalue weighted by Gasteiger charge is 2.48. The normalized spacial score (nSPS) is 19.7. The van der Waals surface area contributed by atoms with E-state index >= 15 is 0 Å². The molecule has 0 radical (unpaired) electrons. The highest BCUT2D eigenvalue weighted by Crippen LogP contribution is 2.46. The third-order valence-corrected chi connectivity index (χ3v) is 7.36. The van der Waals surface area contributed by atoms with Crippen LogP contribution in [0.25, 0.3) is 0 Å². The molecule has 2 aliphatic rings. The second-order valence-corrected chi connectivity index (χ2v) is 9.80. The first kappa shape index (κ1) is 28.2. The van der Waals surface area contributed by atoms with E-state index in [4.69, 9.17) is 9.47 Å². The number of halogens is 6. The molecule has 0 aromatic heterocycles. The SMILES string of the molecule is C=CCCC(C(=O)NC1(c2ccccc2)CCC2(CC1)OCCO2)c1cc(C(F)(F)F)cc(C(F)(F)F)c1. The van der Waals surface area contributed by atoms with Gasteiger partial charge in [0.2, 0.25) is 5.91 Å². The van der Waals surface area contributed by atoms with E-state index in [9.17, 15) is 31.1 Å². The van der Waals surface area contributed by atoms with Gasteiger partial charge >= 0.3 is 12.4 Å². The summed E-state index contributed by atoms with van der Waals surface area (Å²) < 4.78 is 92.9. The first-order valence-electron chi connectivity index (χ1n) is 12.4. The van der Waals surface area contributed by atoms with Gasteiger partial charge in [0.1, 0.15) is 0 Å². The number of benzene rings is 2. The standard InChI is InChI=1S/C28H29F6NO3/c1-2-3-9-23(19-16-21(27(29,30)31)18-22(17-19)28(32,33)34)24(36)35-25(20-7-5-4-6-8-20)10-12-26(13-11-25)37-14-15-38-26/h2,4-8,16-18,23H,1,3,9-15H2,(H,35,36). The summed E-state index contributed by atoms with van der Waals surface area (Å²) in [6.45, 7) is 4.52. The number of hydrogen-bond donors (Lipinski definition) is 1. The lowest BCUT2D eigenvalue weighted by molar-refractivity contribution is -0.187. The van der Waals surface area contributed by atoms with Crippen LogP contribution in [0.2, 0.25) is 0 Å². The predicted molar refractivity (Wildman–Crippen MR) is 128 cm³/mol. The van der Waals surface area contributed by atoms with Crippen molar-refractivity contribution in [3.8, 4) is 0 Å². The van der Waals surface area contributed by atoms with Crippen LogP contribution >= 0.6 is 0 Å². The van der Waals surface area contributed by atoms with Gasteiger partial charge in [-0.2, -0.15) is 26.3 Å². The Kier molecular flexibility index (Phi) is 7.95. The first-order valence-corrected chi connectivity index (χ1v) is 12.4. The van der Waals surface area contributed by atoms with Gasteiger partial charge < -0.3 is 14.8 Å². The fourth-order valence-corrected chi connectivity index (χ4v) is 5.32. The van der Waals surface area contributed by atoms with Gasteiger partial charge in [-0.25, -0.2) is 0 Å². The number of carbonyl (C=O) groups excluding carboxylic acids is 1. The first-order chi connectivity index (χ1) is 17.9. The van der Waals surface area contributed by atoms with Gasteiger partial charge in [-0.05, 0) is 55.0 Å². The topological polar surface area (TPSA) is 47.6 Å². The minimum absolute atomic E-state index is 0.00499. The molecule has 1 heterocycles. The lowest BCUT2D eigenvalue weighted by Gasteiger charge is -2.45. The van der Waals surface area contributed by atoms with E-state index < -0.39 is 46.6 Å². The zero-order chi connectivity index (χ0) is 27.6. The molecule has 1 unspecified atom stereocenters. The molecule has 1 spiro atoms. The van der Waals surface area contributed by atoms with Gasteiger partial charge in [-0.15, -0.1) is 6.58 Å². The average molecular weight is 542 g/mol. The number of hydrogen-bond acceptors (Lipinski definition) is 3. The van der Waals surface area contributed by atoms with Crippen molar-refractivity contribution in [1.82, 2.24) is 5.32 Å². The molecule has 1 N–H and O–H groups in total. The van der Waals surface area contributed by atoms with Gasteiger partial charge in [-0.3, -0.25) is 4.79 Å². The van der Waals surface area contributed by atoms with Crippen LogP contribution in [0.3, 0.4) is 0 Å². The van der Waals surface area contributed by atoms with Crippen molar-refractivity contribution in [1.29, 1.82) is 0 Å². The number of amides is 1. The van der Waals surface area contributed by atoms with Gasteiger partial charge in [0.15, 0.2) is 5.79 Å². The quantitative estimate of drug-likeness (QED) is 0.300. The molecule has 1 atom stereocenters. The van der Waals surface area contributed by atoms with E-state index in [1.807, 2.05) is 30.3 Å². The Bertz CT molecular complexity index is 1100. The van der Waals surface area contributed by atoms with Crippen LogP contribution in [-0.4, -0.2) is 24.9 Å². The number of rotatable bonds is 7. The van der Waals surface area contributed by atoms with Crippen LogP contribution in [0.4, 0.5) is 26.3 Å². The van der Waals surface area contributed by atoms with Gasteiger partial charge in [0.05, 0.1) is 35.8 Å². The second kappa shape index (κ2) is 10.7. The number of alkyl halides is 6. The van der Waals surface area contributed by atoms with E-state index in [1.54, 1.807) is 0 Å². The van der Waals surface area contributed by atoms with Crippen LogP contribution in [0, 0.1) is 0 Å². The lowest BCUT2D eigenvalue weighted by atomic mass is 9.73. The van der Waals surface area contributed by atoms with E-state index in [-0.39, 0.29) is 24.5 Å². The minimum atomic E-state index is -5.01. The zero-order valence-corrected chi connectivity index (χ0v) is 20.6. The summed E-state index contributed by atoms with van der Waals surface area (Å²) in [5.41, 5.74) is -3.34. The van der Waals surface area contributed by atoms with Crippen LogP contribution in [0.15, 0.2) is 61.2 Å². The second-order valence-electron chi connectivity index (χ2n) is 9.80. The Hall–Kier alpha value is -2.85. The Balaban J connectivity index is 1.71. The fraction of sp³-hybridized carbons (Fsp3) is 0.464. The van der Waals surface area contributed by atoms with Crippen molar-refractivity contribution in [3.63, 3.8) is 0 Å². The molecule has 1 amide bonds. The van der Waals surface area contributed by atoms with Crippen LogP contribution < -0.4 is 5.32 Å².